The summed E-state index contributed by atoms with van der Waals surface area (Å²) in [6, 6.07) is 2.00. The van der Waals surface area contributed by atoms with Crippen LogP contribution in [0.1, 0.15) is 24.0 Å². The number of pyridine rings is 1. The number of Topliss-reactive ketones (excluding diaryl/α,β-unsaturated/α-hetero) is 1. The van der Waals surface area contributed by atoms with Crippen molar-refractivity contribution in [3.8, 4) is 0 Å². The van der Waals surface area contributed by atoms with E-state index in [4.69, 9.17) is 0 Å². The van der Waals surface area contributed by atoms with Gasteiger partial charge in [0.15, 0.2) is 0 Å². The van der Waals surface area contributed by atoms with E-state index in [0.717, 1.165) is 21.0 Å². The average Bonchev–Trinajstić information content (AvgIpc) is 2.66. The Morgan fingerprint density at radius 2 is 2.10 bits per heavy atom. The molecule has 0 saturated heterocycles. The number of fused-ring (bicyclic) bond motifs is 3. The van der Waals surface area contributed by atoms with E-state index in [9.17, 15) is 9.59 Å². The number of ketones is 1. The van der Waals surface area contributed by atoms with Crippen LogP contribution in [0.2, 0.25) is 0 Å². The molecule has 0 aliphatic carbocycles. The molecular formula is C14H13N3O2Se. The van der Waals surface area contributed by atoms with Gasteiger partial charge in [-0.1, -0.05) is 0 Å². The van der Waals surface area contributed by atoms with Gasteiger partial charge in [0, 0.05) is 0 Å². The first-order chi connectivity index (χ1) is 9.45. The fraction of sp³-hybridized carbons (Fsp3) is 0.286. The molecule has 1 N–H and O–H groups in total. The maximum atomic E-state index is 12.2. The zero-order valence-corrected chi connectivity index (χ0v) is 13.1. The van der Waals surface area contributed by atoms with Crippen LogP contribution in [0.4, 0.5) is 0 Å². The Hall–Kier alpha value is -1.78. The molecule has 20 heavy (non-hydrogen) atoms. The topological polar surface area (TPSA) is 75.7 Å². The third-order valence-electron chi connectivity index (χ3n) is 3.09. The normalized spacial score (nSPS) is 11.3. The van der Waals surface area contributed by atoms with Crippen molar-refractivity contribution >= 4 is 39.8 Å². The minimum atomic E-state index is -0.138. The van der Waals surface area contributed by atoms with E-state index >= 15 is 0 Å². The summed E-state index contributed by atoms with van der Waals surface area (Å²) in [6.45, 7) is 5.44. The minimum absolute atomic E-state index is 0.0180. The Bertz CT molecular complexity index is 908. The number of nitrogens with zero attached hydrogens (tertiary/aromatic N) is 2. The van der Waals surface area contributed by atoms with E-state index in [1.165, 1.54) is 6.92 Å². The van der Waals surface area contributed by atoms with Crippen molar-refractivity contribution in [3.63, 3.8) is 0 Å². The Balaban J connectivity index is 2.42. The Labute approximate surface area is 120 Å². The average molecular weight is 334 g/mol. The van der Waals surface area contributed by atoms with Crippen LogP contribution in [-0.2, 0) is 11.2 Å². The first kappa shape index (κ1) is 13.2. The van der Waals surface area contributed by atoms with Gasteiger partial charge in [0.05, 0.1) is 0 Å². The summed E-state index contributed by atoms with van der Waals surface area (Å²) >= 11 is -0.114. The predicted molar refractivity (Wildman–Crippen MR) is 78.5 cm³/mol. The van der Waals surface area contributed by atoms with Gasteiger partial charge < -0.3 is 0 Å². The van der Waals surface area contributed by atoms with E-state index in [-0.39, 0.29) is 32.3 Å². The summed E-state index contributed by atoms with van der Waals surface area (Å²) in [5, 5.41) is 0.974. The van der Waals surface area contributed by atoms with Crippen molar-refractivity contribution in [2.45, 2.75) is 27.2 Å². The van der Waals surface area contributed by atoms with Gasteiger partial charge in [-0.05, 0) is 0 Å². The number of aromatic amines is 1. The number of carbonyl (C=O) groups excluding carboxylic acids is 1. The number of aromatic nitrogens is 3. The molecule has 3 rings (SSSR count). The van der Waals surface area contributed by atoms with Crippen LogP contribution >= 0.6 is 0 Å². The van der Waals surface area contributed by atoms with Crippen molar-refractivity contribution < 1.29 is 4.79 Å². The van der Waals surface area contributed by atoms with Gasteiger partial charge in [0.2, 0.25) is 0 Å². The van der Waals surface area contributed by atoms with Crippen LogP contribution < -0.4 is 5.56 Å². The number of aryl methyl sites for hydroxylation is 2. The quantitative estimate of drug-likeness (QED) is 0.716. The van der Waals surface area contributed by atoms with Crippen LogP contribution in [0.3, 0.4) is 0 Å². The number of carbonyl (C=O) groups is 1. The summed E-state index contributed by atoms with van der Waals surface area (Å²) in [6.07, 6.45) is 0.156. The molecule has 102 valence electrons. The van der Waals surface area contributed by atoms with Crippen LogP contribution in [0.25, 0.3) is 19.6 Å². The third-order valence-corrected chi connectivity index (χ3v) is 5.34. The Morgan fingerprint density at radius 3 is 2.80 bits per heavy atom. The second kappa shape index (κ2) is 4.65. The molecule has 0 aliphatic rings. The standard InChI is InChI=1S/C14H13N3O2Se/c1-6-4-7(2)15-14-10(6)11-12(20-14)13(19)17-9(16-11)5-8(3)18/h4H,5H2,1-3H3,(H,16,17,19). The second-order valence-electron chi connectivity index (χ2n) is 4.93. The molecule has 0 spiro atoms. The van der Waals surface area contributed by atoms with Crippen LogP contribution in [0.5, 0.6) is 0 Å². The van der Waals surface area contributed by atoms with Crippen molar-refractivity contribution in [1.29, 1.82) is 0 Å². The fourth-order valence-corrected chi connectivity index (χ4v) is 4.73. The van der Waals surface area contributed by atoms with Gasteiger partial charge in [-0.2, -0.15) is 0 Å². The molecule has 0 radical (unpaired) electrons. The zero-order chi connectivity index (χ0) is 14.4. The SMILES string of the molecule is CC(=O)Cc1nc2c([se]c3nc(C)cc(C)c32)c(=O)[nH]1. The van der Waals surface area contributed by atoms with E-state index in [0.29, 0.717) is 15.6 Å². The molecule has 3 aromatic rings. The summed E-state index contributed by atoms with van der Waals surface area (Å²) in [4.78, 5) is 35.1. The van der Waals surface area contributed by atoms with Crippen LogP contribution in [0.15, 0.2) is 10.9 Å². The van der Waals surface area contributed by atoms with E-state index < -0.39 is 0 Å². The molecule has 0 amide bonds. The van der Waals surface area contributed by atoms with Crippen molar-refractivity contribution in [3.05, 3.63) is 33.5 Å². The number of hydrogen-bond donors (Lipinski definition) is 1. The molecule has 3 heterocycles. The Morgan fingerprint density at radius 1 is 1.35 bits per heavy atom. The monoisotopic (exact) mass is 335 g/mol. The summed E-state index contributed by atoms with van der Waals surface area (Å²) in [5.74, 6) is 0.417. The van der Waals surface area contributed by atoms with Crippen molar-refractivity contribution in [2.24, 2.45) is 0 Å². The molecule has 0 bridgehead atoms. The van der Waals surface area contributed by atoms with Gasteiger partial charge in [-0.15, -0.1) is 0 Å². The van der Waals surface area contributed by atoms with E-state index in [2.05, 4.69) is 15.0 Å². The maximum absolute atomic E-state index is 12.2. The molecular weight excluding hydrogens is 321 g/mol. The molecule has 0 saturated carbocycles. The van der Waals surface area contributed by atoms with Crippen LogP contribution in [-0.4, -0.2) is 35.2 Å². The number of hydrogen-bond acceptors (Lipinski definition) is 4. The molecule has 0 atom stereocenters. The van der Waals surface area contributed by atoms with E-state index in [1.54, 1.807) is 0 Å². The predicted octanol–water partition coefficient (Wildman–Crippen LogP) is 1.28. The van der Waals surface area contributed by atoms with Crippen molar-refractivity contribution in [1.82, 2.24) is 15.0 Å². The van der Waals surface area contributed by atoms with Gasteiger partial charge in [-0.3, -0.25) is 0 Å². The molecule has 0 aromatic carbocycles. The zero-order valence-electron chi connectivity index (χ0n) is 11.4. The fourth-order valence-electron chi connectivity index (χ4n) is 2.35. The van der Waals surface area contributed by atoms with Gasteiger partial charge in [0.25, 0.3) is 0 Å². The van der Waals surface area contributed by atoms with E-state index in [1.807, 2.05) is 19.9 Å². The first-order valence-corrected chi connectivity index (χ1v) is 7.96. The van der Waals surface area contributed by atoms with Gasteiger partial charge in [0.1, 0.15) is 0 Å². The molecule has 0 aliphatic heterocycles. The summed E-state index contributed by atoms with van der Waals surface area (Å²) in [5.41, 5.74) is 2.61. The molecule has 3 aromatic heterocycles. The molecule has 0 fully saturated rings. The first-order valence-electron chi connectivity index (χ1n) is 6.25. The summed E-state index contributed by atoms with van der Waals surface area (Å²) < 4.78 is 1.67. The van der Waals surface area contributed by atoms with Crippen molar-refractivity contribution in [2.75, 3.05) is 0 Å². The molecule has 0 unspecified atom stereocenters. The molecule has 6 heteroatoms. The van der Waals surface area contributed by atoms with Gasteiger partial charge >= 0.3 is 120 Å². The second-order valence-corrected chi connectivity index (χ2v) is 7.03. The molecule has 5 nitrogen and oxygen atoms in total. The van der Waals surface area contributed by atoms with Crippen LogP contribution in [0, 0.1) is 13.8 Å². The number of nitrogens with one attached hydrogen (secondary N) is 1. The Kier molecular flexibility index (Phi) is 3.07. The third kappa shape index (κ3) is 2.11. The van der Waals surface area contributed by atoms with Gasteiger partial charge in [-0.25, -0.2) is 0 Å². The summed E-state index contributed by atoms with van der Waals surface area (Å²) in [7, 11) is 0. The number of H-pyrrole nitrogens is 1. The number of rotatable bonds is 2.